The Hall–Kier alpha value is -2.08. The number of anilines is 1. The molecule has 1 saturated heterocycles. The number of carbonyl (C=O) groups excluding carboxylic acids is 1. The third kappa shape index (κ3) is 4.51. The zero-order chi connectivity index (χ0) is 17.6. The molecule has 1 aliphatic heterocycles. The van der Waals surface area contributed by atoms with Crippen molar-refractivity contribution in [2.24, 2.45) is 0 Å². The Bertz CT molecular complexity index is 745. The van der Waals surface area contributed by atoms with Gasteiger partial charge in [0.1, 0.15) is 5.75 Å². The number of benzene rings is 2. The molecule has 0 bridgehead atoms. The number of morpholine rings is 1. The van der Waals surface area contributed by atoms with Crippen LogP contribution in [-0.2, 0) is 11.3 Å². The first-order chi connectivity index (χ1) is 12.2. The number of carbonyl (C=O) groups is 1. The molecular formula is C19H21ClN2O3. The van der Waals surface area contributed by atoms with Crippen LogP contribution in [-0.4, -0.2) is 44.2 Å². The quantitative estimate of drug-likeness (QED) is 0.887. The van der Waals surface area contributed by atoms with Crippen molar-refractivity contribution in [3.8, 4) is 5.75 Å². The molecule has 6 heteroatoms. The second-order valence-corrected chi connectivity index (χ2v) is 6.26. The van der Waals surface area contributed by atoms with Crippen LogP contribution in [0.4, 0.5) is 5.69 Å². The fourth-order valence-electron chi connectivity index (χ4n) is 2.78. The zero-order valence-electron chi connectivity index (χ0n) is 14.1. The molecule has 5 nitrogen and oxygen atoms in total. The number of halogens is 1. The second-order valence-electron chi connectivity index (χ2n) is 5.85. The average molecular weight is 361 g/mol. The summed E-state index contributed by atoms with van der Waals surface area (Å²) in [5.41, 5.74) is 2.18. The van der Waals surface area contributed by atoms with Crippen molar-refractivity contribution in [1.29, 1.82) is 0 Å². The highest BCUT2D eigenvalue weighted by molar-refractivity contribution is 6.31. The Morgan fingerprint density at radius 1 is 1.24 bits per heavy atom. The van der Waals surface area contributed by atoms with E-state index in [4.69, 9.17) is 21.1 Å². The van der Waals surface area contributed by atoms with E-state index in [1.54, 1.807) is 31.4 Å². The summed E-state index contributed by atoms with van der Waals surface area (Å²) < 4.78 is 10.6. The van der Waals surface area contributed by atoms with Gasteiger partial charge in [-0.25, -0.2) is 0 Å². The lowest BCUT2D eigenvalue weighted by atomic mass is 10.1. The van der Waals surface area contributed by atoms with Gasteiger partial charge >= 0.3 is 0 Å². The zero-order valence-corrected chi connectivity index (χ0v) is 14.9. The van der Waals surface area contributed by atoms with Crippen LogP contribution >= 0.6 is 11.6 Å². The molecule has 1 fully saturated rings. The molecule has 1 heterocycles. The van der Waals surface area contributed by atoms with Gasteiger partial charge < -0.3 is 14.8 Å². The number of ether oxygens (including phenoxy) is 2. The molecule has 0 radical (unpaired) electrons. The number of amides is 1. The summed E-state index contributed by atoms with van der Waals surface area (Å²) in [7, 11) is 1.55. The van der Waals surface area contributed by atoms with E-state index in [0.29, 0.717) is 22.0 Å². The maximum absolute atomic E-state index is 12.5. The Morgan fingerprint density at radius 3 is 2.72 bits per heavy atom. The van der Waals surface area contributed by atoms with Crippen LogP contribution in [0.5, 0.6) is 5.75 Å². The van der Waals surface area contributed by atoms with E-state index < -0.39 is 0 Å². The van der Waals surface area contributed by atoms with Gasteiger partial charge in [0.25, 0.3) is 5.91 Å². The van der Waals surface area contributed by atoms with Crippen LogP contribution in [0.15, 0.2) is 42.5 Å². The van der Waals surface area contributed by atoms with Crippen molar-refractivity contribution < 1.29 is 14.3 Å². The van der Waals surface area contributed by atoms with Crippen molar-refractivity contribution in [3.63, 3.8) is 0 Å². The van der Waals surface area contributed by atoms with Gasteiger partial charge in [0.05, 0.1) is 25.9 Å². The highest BCUT2D eigenvalue weighted by atomic mass is 35.5. The minimum absolute atomic E-state index is 0.227. The molecule has 0 unspecified atom stereocenters. The van der Waals surface area contributed by atoms with Crippen molar-refractivity contribution >= 4 is 23.2 Å². The lowest BCUT2D eigenvalue weighted by molar-refractivity contribution is 0.0342. The second kappa shape index (κ2) is 8.34. The van der Waals surface area contributed by atoms with Crippen molar-refractivity contribution in [2.75, 3.05) is 38.7 Å². The minimum atomic E-state index is -0.227. The van der Waals surface area contributed by atoms with Gasteiger partial charge in [0.2, 0.25) is 0 Å². The molecule has 2 aromatic rings. The fraction of sp³-hybridized carbons (Fsp3) is 0.316. The number of hydrogen-bond donors (Lipinski definition) is 1. The molecular weight excluding hydrogens is 340 g/mol. The highest BCUT2D eigenvalue weighted by Crippen LogP contribution is 2.24. The maximum atomic E-state index is 12.5. The summed E-state index contributed by atoms with van der Waals surface area (Å²) in [6.45, 7) is 4.10. The van der Waals surface area contributed by atoms with Gasteiger partial charge in [-0.3, -0.25) is 9.69 Å². The minimum Gasteiger partial charge on any atom is -0.496 e. The van der Waals surface area contributed by atoms with E-state index in [0.717, 1.165) is 38.4 Å². The average Bonchev–Trinajstić information content (AvgIpc) is 2.64. The van der Waals surface area contributed by atoms with Gasteiger partial charge in [0.15, 0.2) is 0 Å². The van der Waals surface area contributed by atoms with Crippen molar-refractivity contribution in [3.05, 3.63) is 58.6 Å². The summed E-state index contributed by atoms with van der Waals surface area (Å²) >= 11 is 6.40. The Morgan fingerprint density at radius 2 is 2.00 bits per heavy atom. The molecule has 1 amide bonds. The van der Waals surface area contributed by atoms with Crippen molar-refractivity contribution in [2.45, 2.75) is 6.54 Å². The highest BCUT2D eigenvalue weighted by Gasteiger charge is 2.14. The van der Waals surface area contributed by atoms with Crippen LogP contribution in [0, 0.1) is 0 Å². The molecule has 0 aliphatic carbocycles. The Kier molecular flexibility index (Phi) is 5.91. The number of para-hydroxylation sites is 1. The SMILES string of the molecule is COc1ccccc1C(=O)Nc1ccc(CN2CCOCC2)c(Cl)c1. The van der Waals surface area contributed by atoms with Crippen LogP contribution in [0.3, 0.4) is 0 Å². The van der Waals surface area contributed by atoms with Crippen LogP contribution in [0.1, 0.15) is 15.9 Å². The molecule has 3 rings (SSSR count). The van der Waals surface area contributed by atoms with E-state index >= 15 is 0 Å². The van der Waals surface area contributed by atoms with E-state index in [9.17, 15) is 4.79 Å². The number of nitrogens with one attached hydrogen (secondary N) is 1. The number of hydrogen-bond acceptors (Lipinski definition) is 4. The van der Waals surface area contributed by atoms with Gasteiger partial charge in [-0.05, 0) is 29.8 Å². The smallest absolute Gasteiger partial charge is 0.259 e. The Balaban J connectivity index is 1.69. The molecule has 0 aromatic heterocycles. The third-order valence-electron chi connectivity index (χ3n) is 4.16. The fourth-order valence-corrected chi connectivity index (χ4v) is 3.02. The summed E-state index contributed by atoms with van der Waals surface area (Å²) in [5.74, 6) is 0.310. The normalized spacial score (nSPS) is 15.0. The van der Waals surface area contributed by atoms with Gasteiger partial charge in [-0.15, -0.1) is 0 Å². The third-order valence-corrected chi connectivity index (χ3v) is 4.51. The molecule has 0 spiro atoms. The first-order valence-corrected chi connectivity index (χ1v) is 8.58. The first-order valence-electron chi connectivity index (χ1n) is 8.20. The van der Waals surface area contributed by atoms with Gasteiger partial charge in [0, 0.05) is 30.3 Å². The molecule has 2 aromatic carbocycles. The number of rotatable bonds is 5. The standard InChI is InChI=1S/C19H21ClN2O3/c1-24-18-5-3-2-4-16(18)19(23)21-15-7-6-14(17(20)12-15)13-22-8-10-25-11-9-22/h2-7,12H,8-11,13H2,1H3,(H,21,23). The van der Waals surface area contributed by atoms with Crippen LogP contribution in [0.2, 0.25) is 5.02 Å². The lowest BCUT2D eigenvalue weighted by Crippen LogP contribution is -2.35. The lowest BCUT2D eigenvalue weighted by Gasteiger charge is -2.27. The molecule has 0 saturated carbocycles. The molecule has 132 valence electrons. The largest absolute Gasteiger partial charge is 0.496 e. The predicted octanol–water partition coefficient (Wildman–Crippen LogP) is 3.43. The van der Waals surface area contributed by atoms with Gasteiger partial charge in [-0.1, -0.05) is 29.8 Å². The summed E-state index contributed by atoms with van der Waals surface area (Å²) in [6, 6.07) is 12.7. The summed E-state index contributed by atoms with van der Waals surface area (Å²) in [5, 5.41) is 3.51. The molecule has 0 atom stereocenters. The molecule has 1 N–H and O–H groups in total. The van der Waals surface area contributed by atoms with Crippen molar-refractivity contribution in [1.82, 2.24) is 4.90 Å². The predicted molar refractivity (Wildman–Crippen MR) is 98.5 cm³/mol. The molecule has 25 heavy (non-hydrogen) atoms. The van der Waals surface area contributed by atoms with E-state index in [-0.39, 0.29) is 5.91 Å². The van der Waals surface area contributed by atoms with Crippen LogP contribution < -0.4 is 10.1 Å². The topological polar surface area (TPSA) is 50.8 Å². The van der Waals surface area contributed by atoms with E-state index in [1.807, 2.05) is 18.2 Å². The van der Waals surface area contributed by atoms with E-state index in [1.165, 1.54) is 0 Å². The van der Waals surface area contributed by atoms with E-state index in [2.05, 4.69) is 10.2 Å². The monoisotopic (exact) mass is 360 g/mol. The molecule has 1 aliphatic rings. The van der Waals surface area contributed by atoms with Crippen LogP contribution in [0.25, 0.3) is 0 Å². The van der Waals surface area contributed by atoms with Gasteiger partial charge in [-0.2, -0.15) is 0 Å². The summed E-state index contributed by atoms with van der Waals surface area (Å²) in [4.78, 5) is 14.8. The maximum Gasteiger partial charge on any atom is 0.259 e. The summed E-state index contributed by atoms with van der Waals surface area (Å²) in [6.07, 6.45) is 0. The number of methoxy groups -OCH3 is 1. The first kappa shape index (κ1) is 17.7. The number of nitrogens with zero attached hydrogens (tertiary/aromatic N) is 1. The Labute approximate surface area is 152 Å².